The highest BCUT2D eigenvalue weighted by Crippen LogP contribution is 2.39. The molecule has 0 fully saturated rings. The molecule has 2 radical (unpaired) electrons. The molecule has 0 bridgehead atoms. The largest absolute Gasteiger partial charge is 0.0653 e. The SMILES string of the molecule is CCCC(c1cc(C(C)(C)C)[c]c(C(C)(C)C)c1)c1cc(C(C)(C)C)[c]c(C(C)(C)C)c1. The number of hydrogen-bond acceptors (Lipinski definition) is 0. The second-order valence-corrected chi connectivity index (χ2v) is 13.8. The summed E-state index contributed by atoms with van der Waals surface area (Å²) in [6.45, 7) is 29.9. The summed E-state index contributed by atoms with van der Waals surface area (Å²) in [5.41, 5.74) is 8.43. The average molecular weight is 433 g/mol. The van der Waals surface area contributed by atoms with Crippen LogP contribution in [0.2, 0.25) is 0 Å². The van der Waals surface area contributed by atoms with Crippen molar-refractivity contribution < 1.29 is 0 Å². The molecule has 0 heteroatoms. The van der Waals surface area contributed by atoms with Gasteiger partial charge >= 0.3 is 0 Å². The van der Waals surface area contributed by atoms with Crippen molar-refractivity contribution >= 4 is 0 Å². The lowest BCUT2D eigenvalue weighted by Gasteiger charge is -2.30. The molecule has 2 aromatic rings. The fraction of sp³-hybridized carbons (Fsp3) is 0.625. The van der Waals surface area contributed by atoms with Gasteiger partial charge in [0.1, 0.15) is 0 Å². The first kappa shape index (κ1) is 26.7. The summed E-state index contributed by atoms with van der Waals surface area (Å²) in [4.78, 5) is 0. The summed E-state index contributed by atoms with van der Waals surface area (Å²) < 4.78 is 0. The Morgan fingerprint density at radius 1 is 0.531 bits per heavy atom. The number of rotatable bonds is 4. The molecule has 0 aromatic heterocycles. The topological polar surface area (TPSA) is 0 Å². The Bertz CT molecular complexity index is 774. The van der Waals surface area contributed by atoms with Gasteiger partial charge in [0.25, 0.3) is 0 Å². The fourth-order valence-electron chi connectivity index (χ4n) is 4.02. The molecule has 0 aliphatic rings. The minimum absolute atomic E-state index is 0.0738. The second kappa shape index (κ2) is 9.00. The molecular formula is C32H48. The summed E-state index contributed by atoms with van der Waals surface area (Å²) in [5, 5.41) is 0. The summed E-state index contributed by atoms with van der Waals surface area (Å²) in [5.74, 6) is 0.383. The van der Waals surface area contributed by atoms with Crippen LogP contribution in [-0.4, -0.2) is 0 Å². The predicted molar refractivity (Wildman–Crippen MR) is 142 cm³/mol. The van der Waals surface area contributed by atoms with E-state index in [-0.39, 0.29) is 21.7 Å². The number of hydrogen-bond donors (Lipinski definition) is 0. The first-order valence-electron chi connectivity index (χ1n) is 12.5. The van der Waals surface area contributed by atoms with Gasteiger partial charge in [-0.1, -0.05) is 121 Å². The first-order chi connectivity index (χ1) is 14.3. The van der Waals surface area contributed by atoms with Crippen molar-refractivity contribution in [3.63, 3.8) is 0 Å². The van der Waals surface area contributed by atoms with Gasteiger partial charge in [-0.05, 0) is 73.6 Å². The summed E-state index contributed by atoms with van der Waals surface area (Å²) in [6, 6.07) is 17.3. The Hall–Kier alpha value is -1.56. The average Bonchev–Trinajstić information content (AvgIpc) is 2.62. The summed E-state index contributed by atoms with van der Waals surface area (Å²) in [6.07, 6.45) is 2.31. The van der Waals surface area contributed by atoms with E-state index in [1.54, 1.807) is 0 Å². The molecule has 0 amide bonds. The van der Waals surface area contributed by atoms with Gasteiger partial charge in [0.2, 0.25) is 0 Å². The first-order valence-corrected chi connectivity index (χ1v) is 12.5. The van der Waals surface area contributed by atoms with Gasteiger partial charge in [-0.2, -0.15) is 0 Å². The third kappa shape index (κ3) is 6.49. The highest BCUT2D eigenvalue weighted by atomic mass is 14.3. The zero-order valence-electron chi connectivity index (χ0n) is 23.3. The second-order valence-electron chi connectivity index (χ2n) is 13.8. The molecule has 0 heterocycles. The summed E-state index contributed by atoms with van der Waals surface area (Å²) in [7, 11) is 0. The highest BCUT2D eigenvalue weighted by molar-refractivity contribution is 5.45. The lowest BCUT2D eigenvalue weighted by molar-refractivity contribution is 0.558. The van der Waals surface area contributed by atoms with E-state index in [9.17, 15) is 0 Å². The fourth-order valence-corrected chi connectivity index (χ4v) is 4.02. The third-order valence-electron chi connectivity index (χ3n) is 6.40. The molecule has 2 rings (SSSR count). The minimum Gasteiger partial charge on any atom is -0.0653 e. The van der Waals surface area contributed by atoms with Gasteiger partial charge in [-0.3, -0.25) is 0 Å². The van der Waals surface area contributed by atoms with Crippen molar-refractivity contribution in [2.24, 2.45) is 0 Å². The van der Waals surface area contributed by atoms with E-state index in [1.807, 2.05) is 0 Å². The van der Waals surface area contributed by atoms with Crippen molar-refractivity contribution in [3.8, 4) is 0 Å². The smallest absolute Gasteiger partial charge is 0.00896 e. The molecule has 0 aliphatic carbocycles. The van der Waals surface area contributed by atoms with Crippen LogP contribution in [0.3, 0.4) is 0 Å². The van der Waals surface area contributed by atoms with E-state index < -0.39 is 0 Å². The van der Waals surface area contributed by atoms with Crippen molar-refractivity contribution in [2.75, 3.05) is 0 Å². The van der Waals surface area contributed by atoms with E-state index in [2.05, 4.69) is 126 Å². The Morgan fingerprint density at radius 3 is 0.969 bits per heavy atom. The van der Waals surface area contributed by atoms with Crippen LogP contribution >= 0.6 is 0 Å². The lowest BCUT2D eigenvalue weighted by atomic mass is 9.74. The Labute approximate surface area is 200 Å². The van der Waals surface area contributed by atoms with E-state index in [1.165, 1.54) is 33.4 Å². The molecule has 0 spiro atoms. The Balaban J connectivity index is 2.82. The van der Waals surface area contributed by atoms with E-state index in [0.717, 1.165) is 12.8 Å². The highest BCUT2D eigenvalue weighted by Gasteiger charge is 2.27. The molecule has 0 nitrogen and oxygen atoms in total. The molecular weight excluding hydrogens is 384 g/mol. The molecule has 176 valence electrons. The van der Waals surface area contributed by atoms with Gasteiger partial charge in [0.05, 0.1) is 0 Å². The van der Waals surface area contributed by atoms with Crippen LogP contribution in [0.1, 0.15) is 142 Å². The van der Waals surface area contributed by atoms with Crippen LogP contribution in [0, 0.1) is 12.1 Å². The van der Waals surface area contributed by atoms with Gasteiger partial charge in [0.15, 0.2) is 0 Å². The van der Waals surface area contributed by atoms with Gasteiger partial charge in [-0.25, -0.2) is 0 Å². The van der Waals surface area contributed by atoms with Crippen LogP contribution < -0.4 is 0 Å². The summed E-state index contributed by atoms with van der Waals surface area (Å²) >= 11 is 0. The maximum atomic E-state index is 3.78. The molecule has 0 unspecified atom stereocenters. The van der Waals surface area contributed by atoms with Crippen LogP contribution in [-0.2, 0) is 21.7 Å². The van der Waals surface area contributed by atoms with Crippen LogP contribution in [0.4, 0.5) is 0 Å². The van der Waals surface area contributed by atoms with Gasteiger partial charge < -0.3 is 0 Å². The maximum Gasteiger partial charge on any atom is 0.00896 e. The molecule has 0 atom stereocenters. The van der Waals surface area contributed by atoms with E-state index in [4.69, 9.17) is 0 Å². The lowest BCUT2D eigenvalue weighted by Crippen LogP contribution is -2.20. The quantitative estimate of drug-likeness (QED) is 0.451. The van der Waals surface area contributed by atoms with Crippen LogP contribution in [0.25, 0.3) is 0 Å². The molecule has 32 heavy (non-hydrogen) atoms. The maximum absolute atomic E-state index is 3.78. The van der Waals surface area contributed by atoms with E-state index >= 15 is 0 Å². The molecule has 0 N–H and O–H groups in total. The van der Waals surface area contributed by atoms with Gasteiger partial charge in [0, 0.05) is 5.92 Å². The number of benzene rings is 2. The molecule has 0 aliphatic heterocycles. The minimum atomic E-state index is 0.0738. The monoisotopic (exact) mass is 432 g/mol. The van der Waals surface area contributed by atoms with Crippen molar-refractivity contribution in [1.82, 2.24) is 0 Å². The zero-order valence-corrected chi connectivity index (χ0v) is 23.3. The molecule has 0 saturated heterocycles. The predicted octanol–water partition coefficient (Wildman–Crippen LogP) is 9.41. The molecule has 0 saturated carbocycles. The normalized spacial score (nSPS) is 13.7. The third-order valence-corrected chi connectivity index (χ3v) is 6.40. The van der Waals surface area contributed by atoms with Crippen molar-refractivity contribution in [3.05, 3.63) is 69.8 Å². The standard InChI is InChI=1S/C32H48/c1-14-15-28(22-16-24(29(2,3)4)20-25(17-22)30(5,6)7)23-18-26(31(8,9)10)21-27(19-23)32(11,12)13/h16-19,28H,14-15H2,1-13H3. The van der Waals surface area contributed by atoms with Gasteiger partial charge in [-0.15, -0.1) is 0 Å². The Morgan fingerprint density at radius 2 is 0.781 bits per heavy atom. The van der Waals surface area contributed by atoms with Crippen LogP contribution in [0.5, 0.6) is 0 Å². The Kier molecular flexibility index (Phi) is 7.51. The zero-order chi connectivity index (χ0) is 24.7. The van der Waals surface area contributed by atoms with Crippen molar-refractivity contribution in [1.29, 1.82) is 0 Å². The van der Waals surface area contributed by atoms with Crippen LogP contribution in [0.15, 0.2) is 24.3 Å². The van der Waals surface area contributed by atoms with E-state index in [0.29, 0.717) is 5.92 Å². The molecule has 2 aromatic carbocycles. The van der Waals surface area contributed by atoms with Crippen molar-refractivity contribution in [2.45, 2.75) is 130 Å².